The molecule has 0 aliphatic carbocycles. The largest absolute Gasteiger partial charge is 0.379 e. The summed E-state index contributed by atoms with van der Waals surface area (Å²) < 4.78 is 33.1. The van der Waals surface area contributed by atoms with Gasteiger partial charge in [-0.2, -0.15) is 4.31 Å². The second kappa shape index (κ2) is 9.74. The van der Waals surface area contributed by atoms with Crippen molar-refractivity contribution in [3.05, 3.63) is 53.6 Å². The van der Waals surface area contributed by atoms with Crippen LogP contribution in [0.15, 0.2) is 47.4 Å². The van der Waals surface area contributed by atoms with Crippen molar-refractivity contribution in [2.24, 2.45) is 0 Å². The van der Waals surface area contributed by atoms with E-state index in [1.54, 1.807) is 36.4 Å². The third-order valence-corrected chi connectivity index (χ3v) is 7.70. The Bertz CT molecular complexity index is 1130. The normalized spacial score (nSPS) is 17.5. The summed E-state index contributed by atoms with van der Waals surface area (Å²) in [5.74, 6) is 2.19. The highest BCUT2D eigenvalue weighted by atomic mass is 32.2. The lowest BCUT2D eigenvalue weighted by atomic mass is 10.1. The molecule has 4 rings (SSSR count). The van der Waals surface area contributed by atoms with Crippen LogP contribution in [0.2, 0.25) is 0 Å². The lowest BCUT2D eigenvalue weighted by molar-refractivity contribution is 0.0730. The number of carbonyl (C=O) groups excluding carboxylic acids is 1. The molecule has 0 spiro atoms. The molecule has 0 bridgehead atoms. The van der Waals surface area contributed by atoms with Gasteiger partial charge >= 0.3 is 0 Å². The highest BCUT2D eigenvalue weighted by Crippen LogP contribution is 2.29. The first-order chi connectivity index (χ1) is 15.5. The fourth-order valence-electron chi connectivity index (χ4n) is 4.09. The van der Waals surface area contributed by atoms with E-state index in [0.717, 1.165) is 38.0 Å². The molecule has 1 amide bonds. The van der Waals surface area contributed by atoms with Gasteiger partial charge in [-0.25, -0.2) is 8.42 Å². The maximum Gasteiger partial charge on any atom is 0.257 e. The lowest BCUT2D eigenvalue weighted by Crippen LogP contribution is -2.40. The topological polar surface area (TPSA) is 79.0 Å². The number of piperidine rings is 1. The van der Waals surface area contributed by atoms with Crippen molar-refractivity contribution in [3.8, 4) is 12.3 Å². The Morgan fingerprint density at radius 3 is 2.47 bits per heavy atom. The van der Waals surface area contributed by atoms with Crippen LogP contribution in [0.3, 0.4) is 0 Å². The predicted octanol–water partition coefficient (Wildman–Crippen LogP) is 2.93. The number of hydrogen-bond acceptors (Lipinski definition) is 5. The molecule has 7 nitrogen and oxygen atoms in total. The van der Waals surface area contributed by atoms with Crippen molar-refractivity contribution in [1.82, 2.24) is 4.31 Å². The summed E-state index contributed by atoms with van der Waals surface area (Å²) in [7, 11) is -3.72. The predicted molar refractivity (Wildman–Crippen MR) is 124 cm³/mol. The Hall–Kier alpha value is -2.86. The van der Waals surface area contributed by atoms with E-state index < -0.39 is 10.0 Å². The number of benzene rings is 2. The molecule has 8 heteroatoms. The third-order valence-electron chi connectivity index (χ3n) is 5.80. The molecular formula is C24H27N3O4S. The highest BCUT2D eigenvalue weighted by Gasteiger charge is 2.29. The molecule has 2 fully saturated rings. The van der Waals surface area contributed by atoms with Crippen LogP contribution in [0.1, 0.15) is 35.2 Å². The van der Waals surface area contributed by atoms with Crippen LogP contribution in [-0.4, -0.2) is 58.0 Å². The van der Waals surface area contributed by atoms with Crippen LogP contribution >= 0.6 is 0 Å². The van der Waals surface area contributed by atoms with Crippen molar-refractivity contribution in [3.63, 3.8) is 0 Å². The fourth-order valence-corrected chi connectivity index (χ4v) is 5.52. The molecule has 2 saturated heterocycles. The number of ether oxygens (including phenoxy) is 1. The number of terminal acetylenes is 1. The lowest BCUT2D eigenvalue weighted by Gasteiger charge is -2.31. The minimum atomic E-state index is -3.72. The highest BCUT2D eigenvalue weighted by molar-refractivity contribution is 7.89. The molecule has 2 aromatic carbocycles. The van der Waals surface area contributed by atoms with Crippen molar-refractivity contribution in [2.75, 3.05) is 49.6 Å². The fraction of sp³-hybridized carbons (Fsp3) is 0.375. The van der Waals surface area contributed by atoms with Crippen LogP contribution < -0.4 is 10.2 Å². The smallest absolute Gasteiger partial charge is 0.257 e. The van der Waals surface area contributed by atoms with Gasteiger partial charge in [0.25, 0.3) is 5.91 Å². The first-order valence-corrected chi connectivity index (χ1v) is 12.3. The summed E-state index contributed by atoms with van der Waals surface area (Å²) in [6, 6.07) is 11.9. The molecule has 2 aromatic rings. The van der Waals surface area contributed by atoms with Crippen molar-refractivity contribution >= 4 is 27.3 Å². The average molecular weight is 454 g/mol. The van der Waals surface area contributed by atoms with Crippen LogP contribution in [0, 0.1) is 12.3 Å². The Kier molecular flexibility index (Phi) is 6.80. The molecule has 0 unspecified atom stereocenters. The van der Waals surface area contributed by atoms with Crippen molar-refractivity contribution < 1.29 is 17.9 Å². The molecular weight excluding hydrogens is 426 g/mol. The summed E-state index contributed by atoms with van der Waals surface area (Å²) in [5, 5.41) is 2.88. The summed E-state index contributed by atoms with van der Waals surface area (Å²) in [5.41, 5.74) is 2.31. The zero-order chi connectivity index (χ0) is 22.6. The summed E-state index contributed by atoms with van der Waals surface area (Å²) >= 11 is 0. The SMILES string of the molecule is C#Cc1cccc(NC(=O)c2cc(S(=O)(=O)N3CCOCC3)ccc2N2CCCCC2)c1. The number of sulfonamides is 1. The minimum Gasteiger partial charge on any atom is -0.379 e. The van der Waals surface area contributed by atoms with E-state index in [1.807, 2.05) is 0 Å². The summed E-state index contributed by atoms with van der Waals surface area (Å²) in [6.07, 6.45) is 8.71. The molecule has 32 heavy (non-hydrogen) atoms. The zero-order valence-electron chi connectivity index (χ0n) is 17.9. The second-order valence-electron chi connectivity index (χ2n) is 7.92. The van der Waals surface area contributed by atoms with Gasteiger partial charge in [-0.1, -0.05) is 12.0 Å². The molecule has 2 aliphatic heterocycles. The van der Waals surface area contributed by atoms with Gasteiger partial charge in [0.1, 0.15) is 0 Å². The maximum absolute atomic E-state index is 13.3. The van der Waals surface area contributed by atoms with Gasteiger partial charge < -0.3 is 15.0 Å². The Balaban J connectivity index is 1.70. The van der Waals surface area contributed by atoms with Crippen molar-refractivity contribution in [2.45, 2.75) is 24.2 Å². The number of hydrogen-bond donors (Lipinski definition) is 1. The van der Waals surface area contributed by atoms with Crippen LogP contribution in [0.25, 0.3) is 0 Å². The number of rotatable bonds is 5. The number of nitrogens with zero attached hydrogens (tertiary/aromatic N) is 2. The van der Waals surface area contributed by atoms with Gasteiger partial charge in [-0.3, -0.25) is 4.79 Å². The quantitative estimate of drug-likeness (QED) is 0.705. The van der Waals surface area contributed by atoms with Crippen LogP contribution in [0.4, 0.5) is 11.4 Å². The number of amides is 1. The van der Waals surface area contributed by atoms with E-state index in [-0.39, 0.29) is 10.8 Å². The monoisotopic (exact) mass is 453 g/mol. The van der Waals surface area contributed by atoms with Gasteiger partial charge in [0, 0.05) is 43.1 Å². The number of anilines is 2. The number of nitrogens with one attached hydrogen (secondary N) is 1. The van der Waals surface area contributed by atoms with Gasteiger partial charge in [0.15, 0.2) is 0 Å². The van der Waals surface area contributed by atoms with E-state index in [4.69, 9.17) is 11.2 Å². The summed E-state index contributed by atoms with van der Waals surface area (Å²) in [6.45, 7) is 3.01. The number of carbonyl (C=O) groups is 1. The third kappa shape index (κ3) is 4.80. The average Bonchev–Trinajstić information content (AvgIpc) is 2.85. The van der Waals surface area contributed by atoms with Gasteiger partial charge in [-0.15, -0.1) is 6.42 Å². The maximum atomic E-state index is 13.3. The van der Waals surface area contributed by atoms with Gasteiger partial charge in [0.05, 0.1) is 23.7 Å². The second-order valence-corrected chi connectivity index (χ2v) is 9.86. The molecule has 1 N–H and O–H groups in total. The molecule has 0 aromatic heterocycles. The minimum absolute atomic E-state index is 0.114. The number of morpholine rings is 1. The first-order valence-electron chi connectivity index (χ1n) is 10.8. The zero-order valence-corrected chi connectivity index (χ0v) is 18.7. The van der Waals surface area contributed by atoms with E-state index in [1.165, 1.54) is 10.4 Å². The standard InChI is InChI=1S/C24H27N3O4S/c1-2-19-7-6-8-20(17-19)25-24(28)22-18-21(32(29,30)27-13-15-31-16-14-27)9-10-23(22)26-11-4-3-5-12-26/h1,6-10,17-18H,3-5,11-16H2,(H,25,28). The molecule has 0 saturated carbocycles. The molecule has 0 radical (unpaired) electrons. The van der Waals surface area contributed by atoms with Crippen LogP contribution in [0.5, 0.6) is 0 Å². The van der Waals surface area contributed by atoms with Gasteiger partial charge in [-0.05, 0) is 55.7 Å². The van der Waals surface area contributed by atoms with Crippen molar-refractivity contribution in [1.29, 1.82) is 0 Å². The Morgan fingerprint density at radius 2 is 1.75 bits per heavy atom. The molecule has 168 valence electrons. The Labute approximate surface area is 189 Å². The van der Waals surface area contributed by atoms with E-state index >= 15 is 0 Å². The Morgan fingerprint density at radius 1 is 1.00 bits per heavy atom. The van der Waals surface area contributed by atoms with E-state index in [9.17, 15) is 13.2 Å². The summed E-state index contributed by atoms with van der Waals surface area (Å²) in [4.78, 5) is 15.6. The molecule has 2 heterocycles. The van der Waals surface area contributed by atoms with Gasteiger partial charge in [0.2, 0.25) is 10.0 Å². The van der Waals surface area contributed by atoms with E-state index in [2.05, 4.69) is 16.1 Å². The molecule has 0 atom stereocenters. The van der Waals surface area contributed by atoms with Crippen LogP contribution in [-0.2, 0) is 14.8 Å². The molecule has 2 aliphatic rings. The van der Waals surface area contributed by atoms with E-state index in [0.29, 0.717) is 43.1 Å². The first kappa shape index (κ1) is 22.3.